The summed E-state index contributed by atoms with van der Waals surface area (Å²) in [4.78, 5) is 39.6. The van der Waals surface area contributed by atoms with Gasteiger partial charge in [0.15, 0.2) is 0 Å². The number of nitrogens with zero attached hydrogens (tertiary/aromatic N) is 3. The number of fused-ring (bicyclic) bond motifs is 3. The molecular formula is C31H40N4O3S2. The molecule has 1 amide bonds. The maximum atomic E-state index is 13.3. The van der Waals surface area contributed by atoms with Gasteiger partial charge in [-0.25, -0.2) is 9.78 Å². The third kappa shape index (κ3) is 5.70. The molecule has 2 aliphatic heterocycles. The number of thiazole rings is 1. The molecule has 1 saturated carbocycles. The molecule has 6 rings (SSSR count). The molecule has 1 N–H and O–H groups in total. The second-order valence-electron chi connectivity index (χ2n) is 12.8. The Hall–Kier alpha value is -2.36. The summed E-state index contributed by atoms with van der Waals surface area (Å²) in [5.74, 6) is 2.79. The quantitative estimate of drug-likeness (QED) is 0.331. The lowest BCUT2D eigenvalue weighted by Gasteiger charge is -2.35. The first-order valence-electron chi connectivity index (χ1n) is 14.7. The lowest BCUT2D eigenvalue weighted by Crippen LogP contribution is -2.41. The van der Waals surface area contributed by atoms with E-state index < -0.39 is 5.60 Å². The Bertz CT molecular complexity index is 1360. The monoisotopic (exact) mass is 580 g/mol. The number of hydrogen-bond acceptors (Lipinski definition) is 8. The van der Waals surface area contributed by atoms with Gasteiger partial charge in [-0.3, -0.25) is 9.78 Å². The van der Waals surface area contributed by atoms with Crippen molar-refractivity contribution in [2.45, 2.75) is 84.3 Å². The minimum absolute atomic E-state index is 0.112. The van der Waals surface area contributed by atoms with Crippen molar-refractivity contribution in [3.05, 3.63) is 33.8 Å². The molecule has 1 aliphatic carbocycles. The Balaban J connectivity index is 1.22. The van der Waals surface area contributed by atoms with Gasteiger partial charge in [-0.15, -0.1) is 22.7 Å². The third-order valence-corrected chi connectivity index (χ3v) is 11.2. The maximum Gasteiger partial charge on any atom is 0.410 e. The first kappa shape index (κ1) is 27.8. The third-order valence-electron chi connectivity index (χ3n) is 8.77. The van der Waals surface area contributed by atoms with Crippen LogP contribution in [0.15, 0.2) is 18.5 Å². The molecule has 40 heavy (non-hydrogen) atoms. The van der Waals surface area contributed by atoms with Crippen molar-refractivity contribution in [1.82, 2.24) is 20.2 Å². The summed E-state index contributed by atoms with van der Waals surface area (Å²) in [5, 5.41) is 4.48. The van der Waals surface area contributed by atoms with Gasteiger partial charge in [-0.1, -0.05) is 6.42 Å². The summed E-state index contributed by atoms with van der Waals surface area (Å²) in [6.45, 7) is 10.7. The van der Waals surface area contributed by atoms with Crippen LogP contribution in [0.4, 0.5) is 4.79 Å². The molecule has 9 heteroatoms. The molecule has 214 valence electrons. The number of pyridine rings is 1. The van der Waals surface area contributed by atoms with E-state index in [1.165, 1.54) is 37.9 Å². The van der Waals surface area contributed by atoms with Crippen molar-refractivity contribution in [1.29, 1.82) is 0 Å². The van der Waals surface area contributed by atoms with Crippen LogP contribution in [0.1, 0.15) is 81.2 Å². The minimum atomic E-state index is -0.543. The minimum Gasteiger partial charge on any atom is -0.444 e. The van der Waals surface area contributed by atoms with Gasteiger partial charge >= 0.3 is 6.09 Å². The van der Waals surface area contributed by atoms with Gasteiger partial charge in [0.1, 0.15) is 21.9 Å². The summed E-state index contributed by atoms with van der Waals surface area (Å²) in [5.41, 5.74) is 2.69. The zero-order valence-electron chi connectivity index (χ0n) is 24.0. The molecule has 3 aliphatic rings. The largest absolute Gasteiger partial charge is 0.444 e. The van der Waals surface area contributed by atoms with E-state index in [2.05, 4.69) is 17.2 Å². The summed E-state index contributed by atoms with van der Waals surface area (Å²) in [6, 6.07) is 1.89. The second kappa shape index (κ2) is 11.1. The number of aromatic nitrogens is 2. The summed E-state index contributed by atoms with van der Waals surface area (Å²) in [7, 11) is 0. The van der Waals surface area contributed by atoms with Crippen molar-refractivity contribution in [3.8, 4) is 10.6 Å². The molecule has 4 atom stereocenters. The molecule has 0 spiro atoms. The van der Waals surface area contributed by atoms with Crippen molar-refractivity contribution >= 4 is 44.8 Å². The van der Waals surface area contributed by atoms with Crippen molar-refractivity contribution in [2.24, 2.45) is 17.8 Å². The smallest absolute Gasteiger partial charge is 0.410 e. The zero-order chi connectivity index (χ0) is 28.0. The Morgan fingerprint density at radius 2 is 1.95 bits per heavy atom. The fourth-order valence-electron chi connectivity index (χ4n) is 6.90. The summed E-state index contributed by atoms with van der Waals surface area (Å²) in [6.07, 6.45) is 9.91. The van der Waals surface area contributed by atoms with Gasteiger partial charge in [0.25, 0.3) is 0 Å². The van der Waals surface area contributed by atoms with E-state index in [9.17, 15) is 9.59 Å². The van der Waals surface area contributed by atoms with Crippen LogP contribution in [0.3, 0.4) is 0 Å². The van der Waals surface area contributed by atoms with Gasteiger partial charge in [0.2, 0.25) is 0 Å². The molecule has 0 radical (unpaired) electrons. The van der Waals surface area contributed by atoms with E-state index in [1.807, 2.05) is 31.7 Å². The van der Waals surface area contributed by atoms with Crippen LogP contribution >= 0.6 is 22.7 Å². The molecule has 0 aromatic carbocycles. The fourth-order valence-corrected chi connectivity index (χ4v) is 9.45. The van der Waals surface area contributed by atoms with E-state index >= 15 is 0 Å². The molecule has 3 aromatic heterocycles. The van der Waals surface area contributed by atoms with Crippen LogP contribution in [0, 0.1) is 17.8 Å². The van der Waals surface area contributed by atoms with E-state index in [-0.39, 0.29) is 12.1 Å². The number of carbonyl (C=O) groups is 2. The normalized spacial score (nSPS) is 24.4. The van der Waals surface area contributed by atoms with Crippen molar-refractivity contribution < 1.29 is 14.3 Å². The standard InChI is InChI=1S/C31H40N4O3S2/c1-18-28-23(9-11-35(18)30(37)38-31(2,3)4)27(29-34-24-17-32-10-8-25(24)40-29)26(39-28)14-22(36)7-5-6-19-12-20-15-33-16-21(20)13-19/h8,10,17-21,33H,5-7,9,11-16H2,1-4H3/t18-,19?,20-,21+/m0/s1. The fraction of sp³-hybridized carbons (Fsp3) is 0.613. The number of amides is 1. The highest BCUT2D eigenvalue weighted by Gasteiger charge is 2.37. The zero-order valence-corrected chi connectivity index (χ0v) is 25.6. The number of thiophene rings is 1. The van der Waals surface area contributed by atoms with Gasteiger partial charge in [-0.2, -0.15) is 0 Å². The lowest BCUT2D eigenvalue weighted by atomic mass is 9.95. The molecule has 2 fully saturated rings. The topological polar surface area (TPSA) is 84.4 Å². The van der Waals surface area contributed by atoms with E-state index in [1.54, 1.807) is 35.1 Å². The highest BCUT2D eigenvalue weighted by molar-refractivity contribution is 7.22. The first-order valence-corrected chi connectivity index (χ1v) is 16.4. The van der Waals surface area contributed by atoms with Gasteiger partial charge in [0.05, 0.1) is 16.9 Å². The van der Waals surface area contributed by atoms with Crippen LogP contribution in [0.2, 0.25) is 0 Å². The van der Waals surface area contributed by atoms with Crippen LogP contribution in [0.5, 0.6) is 0 Å². The predicted octanol–water partition coefficient (Wildman–Crippen LogP) is 6.80. The second-order valence-corrected chi connectivity index (χ2v) is 15.0. The molecule has 0 bridgehead atoms. The average molecular weight is 581 g/mol. The van der Waals surface area contributed by atoms with Crippen LogP contribution in [-0.4, -0.2) is 52.0 Å². The maximum absolute atomic E-state index is 13.3. The Labute approximate surface area is 244 Å². The van der Waals surface area contributed by atoms with Gasteiger partial charge in [-0.05, 0) is 95.9 Å². The highest BCUT2D eigenvalue weighted by Crippen LogP contribution is 2.46. The number of Topliss-reactive ketones (excluding diaryl/α,β-unsaturated/α-hetero) is 1. The van der Waals surface area contributed by atoms with Gasteiger partial charge in [0, 0.05) is 40.9 Å². The SMILES string of the molecule is C[C@H]1c2sc(CC(=O)CCCC3C[C@H]4CNC[C@H]4C3)c(-c3nc4cnccc4s3)c2CCN1C(=O)OC(C)(C)C. The number of carbonyl (C=O) groups excluding carboxylic acids is 2. The summed E-state index contributed by atoms with van der Waals surface area (Å²) >= 11 is 3.35. The average Bonchev–Trinajstić information content (AvgIpc) is 3.64. The number of nitrogens with one attached hydrogen (secondary N) is 1. The molecule has 5 heterocycles. The first-order chi connectivity index (χ1) is 19.2. The highest BCUT2D eigenvalue weighted by atomic mass is 32.1. The molecule has 7 nitrogen and oxygen atoms in total. The number of ketones is 1. The van der Waals surface area contributed by atoms with E-state index in [0.29, 0.717) is 25.2 Å². The molecule has 1 unspecified atom stereocenters. The summed E-state index contributed by atoms with van der Waals surface area (Å²) < 4.78 is 6.81. The molecule has 3 aromatic rings. The van der Waals surface area contributed by atoms with E-state index in [4.69, 9.17) is 9.72 Å². The lowest BCUT2D eigenvalue weighted by molar-refractivity contribution is -0.118. The van der Waals surface area contributed by atoms with Crippen molar-refractivity contribution in [3.63, 3.8) is 0 Å². The van der Waals surface area contributed by atoms with Crippen LogP contribution < -0.4 is 5.32 Å². The Morgan fingerprint density at radius 3 is 2.67 bits per heavy atom. The number of rotatable bonds is 7. The van der Waals surface area contributed by atoms with Crippen LogP contribution in [0.25, 0.3) is 20.8 Å². The van der Waals surface area contributed by atoms with Crippen molar-refractivity contribution in [2.75, 3.05) is 19.6 Å². The van der Waals surface area contributed by atoms with Crippen LogP contribution in [-0.2, 0) is 22.4 Å². The number of hydrogen-bond donors (Lipinski definition) is 1. The molecule has 1 saturated heterocycles. The predicted molar refractivity (Wildman–Crippen MR) is 161 cm³/mol. The molecular weight excluding hydrogens is 541 g/mol. The Kier molecular flexibility index (Phi) is 7.74. The number of ether oxygens (including phenoxy) is 1. The van der Waals surface area contributed by atoms with Gasteiger partial charge < -0.3 is 15.0 Å². The Morgan fingerprint density at radius 1 is 1.18 bits per heavy atom. The van der Waals surface area contributed by atoms with E-state index in [0.717, 1.165) is 61.1 Å².